The van der Waals surface area contributed by atoms with Crippen LogP contribution >= 0.6 is 0 Å². The molecule has 2 radical (unpaired) electrons. The van der Waals surface area contributed by atoms with Gasteiger partial charge in [-0.3, -0.25) is 0 Å². The molecule has 0 aliphatic rings. The molecule has 0 saturated carbocycles. The van der Waals surface area contributed by atoms with Crippen LogP contribution < -0.4 is 0 Å². The van der Waals surface area contributed by atoms with Crippen molar-refractivity contribution in [3.05, 3.63) is 75.5 Å². The van der Waals surface area contributed by atoms with Gasteiger partial charge in [-0.05, 0) is 24.3 Å². The van der Waals surface area contributed by atoms with Gasteiger partial charge in [0.1, 0.15) is 5.82 Å². The van der Waals surface area contributed by atoms with Gasteiger partial charge in [0.05, 0.1) is 0 Å². The van der Waals surface area contributed by atoms with E-state index in [9.17, 15) is 4.39 Å². The van der Waals surface area contributed by atoms with E-state index in [1.807, 2.05) is 0 Å². The SMILES string of the molecule is CO[C]C#Cc1ccc(F)cc1.[C-]#[O+].[C-]#[O+].[C-]#[O+].[C-]#[O+].[C-]#[O+].[Cr]. The van der Waals surface area contributed by atoms with Crippen molar-refractivity contribution >= 4 is 0 Å². The van der Waals surface area contributed by atoms with Crippen molar-refractivity contribution in [3.63, 3.8) is 0 Å². The maximum atomic E-state index is 12.4. The number of benzene rings is 1. The number of methoxy groups -OCH3 is 1. The third-order valence-corrected chi connectivity index (χ3v) is 1.20. The molecule has 0 bridgehead atoms. The molecule has 116 valence electrons. The van der Waals surface area contributed by atoms with Gasteiger partial charge in [-0.1, -0.05) is 11.8 Å². The first-order chi connectivity index (χ1) is 10.8. The van der Waals surface area contributed by atoms with Crippen molar-refractivity contribution < 1.29 is 49.7 Å². The third kappa shape index (κ3) is 38.3. The van der Waals surface area contributed by atoms with Crippen molar-refractivity contribution in [2.75, 3.05) is 7.11 Å². The Balaban J connectivity index is -0.0000000565. The van der Waals surface area contributed by atoms with Crippen LogP contribution in [0.3, 0.4) is 0 Å². The van der Waals surface area contributed by atoms with Crippen LogP contribution in [0.1, 0.15) is 5.56 Å². The Hall–Kier alpha value is -2.10. The van der Waals surface area contributed by atoms with Gasteiger partial charge in [-0.15, -0.1) is 0 Å². The van der Waals surface area contributed by atoms with Crippen LogP contribution in [0.2, 0.25) is 0 Å². The molecule has 1 aromatic rings. The minimum atomic E-state index is -0.264. The van der Waals surface area contributed by atoms with Crippen molar-refractivity contribution in [2.45, 2.75) is 0 Å². The standard InChI is InChI=1S/C10H7FO.5CO.Cr/c1-12-8-2-3-9-4-6-10(11)7-5-9;5*1-2;/h4-7H,1H3;;;;;;. The molecule has 0 unspecified atom stereocenters. The molecule has 0 heterocycles. The van der Waals surface area contributed by atoms with E-state index >= 15 is 0 Å². The second-order valence-corrected chi connectivity index (χ2v) is 2.06. The number of hydrogen-bond donors (Lipinski definition) is 0. The van der Waals surface area contributed by atoms with E-state index < -0.39 is 0 Å². The van der Waals surface area contributed by atoms with Gasteiger partial charge in [0.25, 0.3) is 0 Å². The summed E-state index contributed by atoms with van der Waals surface area (Å²) in [6.07, 6.45) is 0. The molecule has 6 nitrogen and oxygen atoms in total. The fraction of sp³-hybridized carbons (Fsp3) is 0.0667. The van der Waals surface area contributed by atoms with E-state index in [0.29, 0.717) is 0 Å². The van der Waals surface area contributed by atoms with E-state index in [2.05, 4.69) is 56.4 Å². The number of hydrogen-bond acceptors (Lipinski definition) is 1. The largest absolute Gasteiger partial charge is 0 e. The molecular formula is C15H7CrFO6. The average molecular weight is 354 g/mol. The zero-order valence-corrected chi connectivity index (χ0v) is 12.8. The molecule has 0 aliphatic carbocycles. The van der Waals surface area contributed by atoms with E-state index in [0.717, 1.165) is 5.56 Å². The molecule has 1 aromatic carbocycles. The Morgan fingerprint density at radius 2 is 1.17 bits per heavy atom. The Kier molecular flexibility index (Phi) is 81.4. The summed E-state index contributed by atoms with van der Waals surface area (Å²) in [4.78, 5) is 0. The fourth-order valence-electron chi connectivity index (χ4n) is 0.682. The summed E-state index contributed by atoms with van der Waals surface area (Å²) in [6, 6.07) is 5.91. The summed E-state index contributed by atoms with van der Waals surface area (Å²) in [5, 5.41) is 0. The smallest absolute Gasteiger partial charge is 0 e. The zero-order chi connectivity index (χ0) is 18.8. The molecule has 1 rings (SSSR count). The summed E-state index contributed by atoms with van der Waals surface area (Å²) in [5.74, 6) is 4.98. The van der Waals surface area contributed by atoms with Crippen molar-refractivity contribution in [2.24, 2.45) is 0 Å². The Labute approximate surface area is 144 Å². The van der Waals surface area contributed by atoms with Gasteiger partial charge >= 0.3 is 56.5 Å². The fourth-order valence-corrected chi connectivity index (χ4v) is 0.682. The minimum Gasteiger partial charge on any atom is 0 e. The summed E-state index contributed by atoms with van der Waals surface area (Å²) in [7, 11) is 1.47. The average Bonchev–Trinajstić information content (AvgIpc) is 2.65. The van der Waals surface area contributed by atoms with Gasteiger partial charge in [-0.2, -0.15) is 0 Å². The molecule has 0 N–H and O–H groups in total. The first kappa shape index (κ1) is 37.3. The number of ether oxygens (including phenoxy) is 1. The Morgan fingerprint density at radius 1 is 0.826 bits per heavy atom. The predicted molar refractivity (Wildman–Crippen MR) is 63.2 cm³/mol. The molecule has 0 atom stereocenters. The molecule has 0 amide bonds. The van der Waals surface area contributed by atoms with Crippen molar-refractivity contribution in [1.82, 2.24) is 0 Å². The third-order valence-electron chi connectivity index (χ3n) is 1.20. The quantitative estimate of drug-likeness (QED) is 0.427. The van der Waals surface area contributed by atoms with Gasteiger partial charge in [-0.25, -0.2) is 4.39 Å². The summed E-state index contributed by atoms with van der Waals surface area (Å²) in [6.45, 7) is 24.9. The van der Waals surface area contributed by atoms with Crippen LogP contribution in [0.25, 0.3) is 0 Å². The molecule has 23 heavy (non-hydrogen) atoms. The molecule has 0 aromatic heterocycles. The minimum absolute atomic E-state index is 0. The van der Waals surface area contributed by atoms with Crippen molar-refractivity contribution in [1.29, 1.82) is 0 Å². The molecule has 0 aliphatic heterocycles. The van der Waals surface area contributed by atoms with Gasteiger partial charge in [0.2, 0.25) is 6.61 Å². The second-order valence-electron chi connectivity index (χ2n) is 2.06. The maximum Gasteiger partial charge on any atom is 0 e. The Bertz CT molecular complexity index is 456. The first-order valence-electron chi connectivity index (χ1n) is 4.39. The molecular weight excluding hydrogens is 347 g/mol. The van der Waals surface area contributed by atoms with E-state index in [4.69, 9.17) is 23.3 Å². The van der Waals surface area contributed by atoms with E-state index in [1.54, 1.807) is 12.1 Å². The second kappa shape index (κ2) is 50.2. The maximum absolute atomic E-state index is 12.4. The van der Waals surface area contributed by atoms with Gasteiger partial charge in [0, 0.05) is 30.0 Å². The van der Waals surface area contributed by atoms with Crippen LogP contribution in [0.15, 0.2) is 24.3 Å². The monoisotopic (exact) mass is 354 g/mol. The van der Waals surface area contributed by atoms with Gasteiger partial charge in [0.15, 0.2) is 0 Å². The predicted octanol–water partition coefficient (Wildman–Crippen LogP) is 1.67. The number of halogens is 1. The van der Waals surface area contributed by atoms with Crippen LogP contribution in [-0.2, 0) is 45.4 Å². The first-order valence-corrected chi connectivity index (χ1v) is 4.39. The van der Waals surface area contributed by atoms with E-state index in [-0.39, 0.29) is 23.2 Å². The molecule has 0 spiro atoms. The van der Waals surface area contributed by atoms with Crippen molar-refractivity contribution in [3.8, 4) is 11.8 Å². The van der Waals surface area contributed by atoms with Crippen LogP contribution in [0, 0.1) is 57.5 Å². The zero-order valence-electron chi connectivity index (χ0n) is 11.5. The summed E-state index contributed by atoms with van der Waals surface area (Å²) >= 11 is 0. The van der Waals surface area contributed by atoms with Crippen LogP contribution in [0.5, 0.6) is 0 Å². The molecule has 0 saturated heterocycles. The molecule has 0 fully saturated rings. The van der Waals surface area contributed by atoms with Crippen LogP contribution in [-0.4, -0.2) is 7.11 Å². The van der Waals surface area contributed by atoms with Gasteiger partial charge < -0.3 is 4.74 Å². The Morgan fingerprint density at radius 3 is 1.48 bits per heavy atom. The summed E-state index contributed by atoms with van der Waals surface area (Å²) in [5.41, 5.74) is 0.737. The topological polar surface area (TPSA) is 109 Å². The normalized spacial score (nSPS) is 5.04. The molecule has 8 heteroatoms. The van der Waals surface area contributed by atoms with E-state index in [1.165, 1.54) is 19.2 Å². The number of rotatable bonds is 1. The summed E-state index contributed by atoms with van der Waals surface area (Å²) < 4.78 is 54.4. The van der Waals surface area contributed by atoms with Crippen LogP contribution in [0.4, 0.5) is 4.39 Å².